The molecule has 0 unspecified atom stereocenters. The van der Waals surface area contributed by atoms with Gasteiger partial charge in [0.1, 0.15) is 6.04 Å². The number of aryl methyl sites for hydroxylation is 1. The Morgan fingerprint density at radius 2 is 1.52 bits per heavy atom. The average molecular weight is 449 g/mol. The van der Waals surface area contributed by atoms with Gasteiger partial charge in [-0.3, -0.25) is 9.59 Å². The van der Waals surface area contributed by atoms with Crippen LogP contribution >= 0.6 is 0 Å². The Bertz CT molecular complexity index is 1040. The van der Waals surface area contributed by atoms with Crippen molar-refractivity contribution >= 4 is 29.2 Å². The van der Waals surface area contributed by atoms with E-state index in [0.29, 0.717) is 43.0 Å². The molecule has 1 saturated heterocycles. The number of carbonyl (C=O) groups excluding carboxylic acids is 3. The summed E-state index contributed by atoms with van der Waals surface area (Å²) in [6.07, 6.45) is 4.10. The lowest BCUT2D eigenvalue weighted by Crippen LogP contribution is -2.45. The van der Waals surface area contributed by atoms with Crippen LogP contribution in [0, 0.1) is 6.92 Å². The number of nitrogens with zero attached hydrogens (tertiary/aromatic N) is 2. The predicted molar refractivity (Wildman–Crippen MR) is 126 cm³/mol. The third kappa shape index (κ3) is 5.23. The first-order valence-corrected chi connectivity index (χ1v) is 11.0. The van der Waals surface area contributed by atoms with Crippen molar-refractivity contribution < 1.29 is 19.1 Å². The number of benzene rings is 2. The van der Waals surface area contributed by atoms with Gasteiger partial charge in [0.15, 0.2) is 0 Å². The molecule has 2 aromatic rings. The number of urea groups is 1. The van der Waals surface area contributed by atoms with Gasteiger partial charge in [0, 0.05) is 50.1 Å². The van der Waals surface area contributed by atoms with E-state index in [1.165, 1.54) is 4.90 Å². The minimum absolute atomic E-state index is 0.0458. The van der Waals surface area contributed by atoms with Crippen LogP contribution in [0.1, 0.15) is 22.3 Å². The van der Waals surface area contributed by atoms with Gasteiger partial charge in [-0.2, -0.15) is 0 Å². The molecule has 4 amide bonds. The van der Waals surface area contributed by atoms with Crippen molar-refractivity contribution in [1.82, 2.24) is 9.80 Å². The van der Waals surface area contributed by atoms with Gasteiger partial charge >= 0.3 is 6.03 Å². The van der Waals surface area contributed by atoms with Crippen LogP contribution < -0.4 is 10.6 Å². The van der Waals surface area contributed by atoms with Crippen LogP contribution in [0.5, 0.6) is 0 Å². The molecule has 0 saturated carbocycles. The van der Waals surface area contributed by atoms with Crippen LogP contribution in [0.25, 0.3) is 0 Å². The van der Waals surface area contributed by atoms with Crippen molar-refractivity contribution in [1.29, 1.82) is 0 Å². The van der Waals surface area contributed by atoms with E-state index in [9.17, 15) is 14.4 Å². The lowest BCUT2D eigenvalue weighted by molar-refractivity contribution is -0.119. The summed E-state index contributed by atoms with van der Waals surface area (Å²) in [7, 11) is 1.58. The number of rotatable bonds is 5. The summed E-state index contributed by atoms with van der Waals surface area (Å²) >= 11 is 0. The van der Waals surface area contributed by atoms with Gasteiger partial charge in [0.2, 0.25) is 5.91 Å². The molecular weight excluding hydrogens is 420 g/mol. The molecule has 2 aliphatic rings. The molecule has 0 aliphatic carbocycles. The van der Waals surface area contributed by atoms with Crippen LogP contribution in [-0.4, -0.2) is 66.5 Å². The highest BCUT2D eigenvalue weighted by atomic mass is 16.5. The highest BCUT2D eigenvalue weighted by Gasteiger charge is 2.40. The molecule has 1 fully saturated rings. The van der Waals surface area contributed by atoms with Crippen LogP contribution in [0.2, 0.25) is 0 Å². The maximum absolute atomic E-state index is 13.0. The first-order valence-electron chi connectivity index (χ1n) is 11.0. The second-order valence-corrected chi connectivity index (χ2v) is 8.31. The largest absolute Gasteiger partial charge is 0.380 e. The quantitative estimate of drug-likeness (QED) is 0.687. The van der Waals surface area contributed by atoms with E-state index < -0.39 is 6.04 Å². The normalized spacial score (nSPS) is 19.6. The van der Waals surface area contributed by atoms with Crippen molar-refractivity contribution in [3.8, 4) is 0 Å². The Balaban J connectivity index is 1.41. The van der Waals surface area contributed by atoms with Gasteiger partial charge in [0.25, 0.3) is 5.91 Å². The summed E-state index contributed by atoms with van der Waals surface area (Å²) in [5.74, 6) is -0.341. The minimum atomic E-state index is -0.669. The molecule has 0 bridgehead atoms. The van der Waals surface area contributed by atoms with E-state index in [2.05, 4.69) is 10.6 Å². The lowest BCUT2D eigenvalue weighted by atomic mass is 10.1. The minimum Gasteiger partial charge on any atom is -0.380 e. The molecule has 0 aromatic heterocycles. The number of likely N-dealkylation sites (tertiary alicyclic amines) is 1. The molecule has 2 atom stereocenters. The van der Waals surface area contributed by atoms with Gasteiger partial charge in [-0.25, -0.2) is 4.79 Å². The van der Waals surface area contributed by atoms with E-state index in [1.54, 1.807) is 36.3 Å². The molecule has 0 spiro atoms. The standard InChI is InChI=1S/C25H28N4O4/c1-17-5-9-20(10-6-17)27-25(32)29-16-21(33-2)15-22(29)23(30)26-19-11-7-18(8-12-19)24(31)28-13-3-4-14-28/h3-12,21-22H,13-16H2,1-2H3,(H,26,30)(H,27,32)/t21-,22-/m1/s1. The number of hydrogen-bond donors (Lipinski definition) is 2. The molecular formula is C25H28N4O4. The van der Waals surface area contributed by atoms with E-state index in [4.69, 9.17) is 4.74 Å². The summed E-state index contributed by atoms with van der Waals surface area (Å²) in [6.45, 7) is 3.52. The predicted octanol–water partition coefficient (Wildman–Crippen LogP) is 3.27. The zero-order chi connectivity index (χ0) is 23.4. The summed E-state index contributed by atoms with van der Waals surface area (Å²) < 4.78 is 5.43. The van der Waals surface area contributed by atoms with Crippen LogP contribution in [0.4, 0.5) is 16.2 Å². The van der Waals surface area contributed by atoms with E-state index in [-0.39, 0.29) is 23.9 Å². The smallest absolute Gasteiger partial charge is 0.322 e. The van der Waals surface area contributed by atoms with E-state index in [1.807, 2.05) is 43.3 Å². The molecule has 2 aliphatic heterocycles. The Labute approximate surface area is 193 Å². The number of nitrogens with one attached hydrogen (secondary N) is 2. The molecule has 2 heterocycles. The van der Waals surface area contributed by atoms with E-state index in [0.717, 1.165) is 5.56 Å². The van der Waals surface area contributed by atoms with Gasteiger partial charge in [-0.1, -0.05) is 29.8 Å². The van der Waals surface area contributed by atoms with Crippen molar-refractivity contribution in [2.75, 3.05) is 37.4 Å². The third-order valence-corrected chi connectivity index (χ3v) is 5.97. The van der Waals surface area contributed by atoms with Gasteiger partial charge in [-0.05, 0) is 43.3 Å². The van der Waals surface area contributed by atoms with Crippen LogP contribution in [-0.2, 0) is 9.53 Å². The highest BCUT2D eigenvalue weighted by molar-refractivity contribution is 6.00. The Morgan fingerprint density at radius 3 is 2.15 bits per heavy atom. The Kier molecular flexibility index (Phi) is 6.74. The van der Waals surface area contributed by atoms with Crippen molar-refractivity contribution in [3.05, 3.63) is 71.8 Å². The lowest BCUT2D eigenvalue weighted by Gasteiger charge is -2.24. The molecule has 33 heavy (non-hydrogen) atoms. The molecule has 0 radical (unpaired) electrons. The molecule has 2 aromatic carbocycles. The number of anilines is 2. The number of carbonyl (C=O) groups is 3. The maximum atomic E-state index is 13.0. The molecule has 4 rings (SSSR count). The Hall–Kier alpha value is -3.65. The Morgan fingerprint density at radius 1 is 0.909 bits per heavy atom. The average Bonchev–Trinajstić information content (AvgIpc) is 3.51. The molecule has 172 valence electrons. The number of amides is 4. The zero-order valence-corrected chi connectivity index (χ0v) is 18.8. The van der Waals surface area contributed by atoms with Crippen molar-refractivity contribution in [2.45, 2.75) is 25.5 Å². The maximum Gasteiger partial charge on any atom is 0.322 e. The van der Waals surface area contributed by atoms with Gasteiger partial charge in [-0.15, -0.1) is 0 Å². The fourth-order valence-corrected chi connectivity index (χ4v) is 4.02. The van der Waals surface area contributed by atoms with Crippen molar-refractivity contribution in [3.63, 3.8) is 0 Å². The molecule has 8 heteroatoms. The van der Waals surface area contributed by atoms with E-state index >= 15 is 0 Å². The van der Waals surface area contributed by atoms with Gasteiger partial charge in [0.05, 0.1) is 6.10 Å². The number of methoxy groups -OCH3 is 1. The first kappa shape index (κ1) is 22.5. The second-order valence-electron chi connectivity index (χ2n) is 8.31. The van der Waals surface area contributed by atoms with Crippen molar-refractivity contribution in [2.24, 2.45) is 0 Å². The summed E-state index contributed by atoms with van der Waals surface area (Å²) in [5.41, 5.74) is 2.89. The second kappa shape index (κ2) is 9.87. The SMILES string of the molecule is CO[C@@H]1C[C@H](C(=O)Nc2ccc(C(=O)N3CC=CC3)cc2)N(C(=O)Nc2ccc(C)cc2)C1. The van der Waals surface area contributed by atoms with Crippen LogP contribution in [0.3, 0.4) is 0 Å². The fourth-order valence-electron chi connectivity index (χ4n) is 4.02. The van der Waals surface area contributed by atoms with Crippen LogP contribution in [0.15, 0.2) is 60.7 Å². The molecule has 2 N–H and O–H groups in total. The first-order chi connectivity index (χ1) is 15.9. The summed E-state index contributed by atoms with van der Waals surface area (Å²) in [4.78, 5) is 41.7. The third-order valence-electron chi connectivity index (χ3n) is 5.97. The van der Waals surface area contributed by atoms with Gasteiger partial charge < -0.3 is 25.2 Å². The number of hydrogen-bond acceptors (Lipinski definition) is 4. The monoisotopic (exact) mass is 448 g/mol. The number of ether oxygens (including phenoxy) is 1. The summed E-state index contributed by atoms with van der Waals surface area (Å²) in [6, 6.07) is 13.3. The zero-order valence-electron chi connectivity index (χ0n) is 18.8. The highest BCUT2D eigenvalue weighted by Crippen LogP contribution is 2.23. The molecule has 8 nitrogen and oxygen atoms in total. The summed E-state index contributed by atoms with van der Waals surface area (Å²) in [5, 5.41) is 5.72. The topological polar surface area (TPSA) is 91.0 Å². The fraction of sp³-hybridized carbons (Fsp3) is 0.320.